The van der Waals surface area contributed by atoms with Crippen molar-refractivity contribution < 1.29 is 0 Å². The Kier molecular flexibility index (Phi) is 5.49. The number of fused-ring (bicyclic) bond motifs is 2. The first kappa shape index (κ1) is 21.2. The van der Waals surface area contributed by atoms with Crippen molar-refractivity contribution in [1.29, 1.82) is 0 Å². The van der Waals surface area contributed by atoms with Crippen LogP contribution in [-0.4, -0.2) is 0 Å². The van der Waals surface area contributed by atoms with Crippen LogP contribution in [0.5, 0.6) is 0 Å². The van der Waals surface area contributed by atoms with Gasteiger partial charge in [-0.15, -0.1) is 0 Å². The highest BCUT2D eigenvalue weighted by molar-refractivity contribution is 6.37. The summed E-state index contributed by atoms with van der Waals surface area (Å²) >= 11 is 13.1. The van der Waals surface area contributed by atoms with Gasteiger partial charge in [-0.3, -0.25) is 0 Å². The second-order valence-corrected chi connectivity index (χ2v) is 9.56. The third kappa shape index (κ3) is 3.64. The number of halogens is 2. The SMILES string of the molecule is Clc1cccc(Cl)c1/C=C1\C=C(C(C2=CCc3ccccc32)c2ccccc2)c2ccccc21. The van der Waals surface area contributed by atoms with Crippen molar-refractivity contribution >= 4 is 46.0 Å². The van der Waals surface area contributed by atoms with Gasteiger partial charge in [0.2, 0.25) is 0 Å². The highest BCUT2D eigenvalue weighted by atomic mass is 35.5. The Balaban J connectivity index is 1.56. The van der Waals surface area contributed by atoms with E-state index in [1.165, 1.54) is 39.0 Å². The predicted octanol–water partition coefficient (Wildman–Crippen LogP) is 9.35. The van der Waals surface area contributed by atoms with Gasteiger partial charge in [0.1, 0.15) is 0 Å². The molecule has 0 fully saturated rings. The van der Waals surface area contributed by atoms with Crippen molar-refractivity contribution in [2.75, 3.05) is 0 Å². The first-order valence-corrected chi connectivity index (χ1v) is 12.3. The van der Waals surface area contributed by atoms with Gasteiger partial charge in [-0.2, -0.15) is 0 Å². The molecular formula is C32H22Cl2. The van der Waals surface area contributed by atoms with Crippen LogP contribution in [0.4, 0.5) is 0 Å². The van der Waals surface area contributed by atoms with Crippen LogP contribution in [0, 0.1) is 0 Å². The molecule has 2 heteroatoms. The average Bonchev–Trinajstić information content (AvgIpc) is 3.45. The Hall–Kier alpha value is -3.32. The molecule has 6 rings (SSSR count). The van der Waals surface area contributed by atoms with E-state index in [1.54, 1.807) is 0 Å². The van der Waals surface area contributed by atoms with E-state index < -0.39 is 0 Å². The topological polar surface area (TPSA) is 0 Å². The number of rotatable bonds is 4. The second kappa shape index (κ2) is 8.80. The highest BCUT2D eigenvalue weighted by Crippen LogP contribution is 2.51. The molecule has 0 amide bonds. The molecule has 0 heterocycles. The Morgan fingerprint density at radius 3 is 2.03 bits per heavy atom. The van der Waals surface area contributed by atoms with Crippen LogP contribution in [0.1, 0.15) is 39.3 Å². The van der Waals surface area contributed by atoms with Crippen LogP contribution in [0.25, 0.3) is 22.8 Å². The van der Waals surface area contributed by atoms with Crippen molar-refractivity contribution in [3.05, 3.63) is 153 Å². The summed E-state index contributed by atoms with van der Waals surface area (Å²) < 4.78 is 0. The summed E-state index contributed by atoms with van der Waals surface area (Å²) in [6.07, 6.45) is 7.82. The summed E-state index contributed by atoms with van der Waals surface area (Å²) in [4.78, 5) is 0. The quantitative estimate of drug-likeness (QED) is 0.275. The molecule has 0 saturated heterocycles. The predicted molar refractivity (Wildman–Crippen MR) is 146 cm³/mol. The lowest BCUT2D eigenvalue weighted by Gasteiger charge is -2.23. The molecule has 4 aromatic rings. The van der Waals surface area contributed by atoms with E-state index in [4.69, 9.17) is 23.2 Å². The largest absolute Gasteiger partial charge is 0.0836 e. The van der Waals surface area contributed by atoms with Gasteiger partial charge >= 0.3 is 0 Å². The minimum atomic E-state index is 0.138. The molecule has 2 aliphatic rings. The molecule has 0 radical (unpaired) electrons. The summed E-state index contributed by atoms with van der Waals surface area (Å²) in [7, 11) is 0. The first-order chi connectivity index (χ1) is 16.7. The van der Waals surface area contributed by atoms with Crippen molar-refractivity contribution in [3.63, 3.8) is 0 Å². The molecule has 0 N–H and O–H groups in total. The van der Waals surface area contributed by atoms with Crippen LogP contribution in [-0.2, 0) is 6.42 Å². The Morgan fingerprint density at radius 1 is 0.618 bits per heavy atom. The molecule has 4 aromatic carbocycles. The molecule has 1 unspecified atom stereocenters. The molecule has 0 aliphatic heterocycles. The van der Waals surface area contributed by atoms with Gasteiger partial charge in [-0.1, -0.05) is 114 Å². The summed E-state index contributed by atoms with van der Waals surface area (Å²) in [5.41, 5.74) is 11.2. The number of hydrogen-bond acceptors (Lipinski definition) is 0. The van der Waals surface area contributed by atoms with Gasteiger partial charge in [0.15, 0.2) is 0 Å². The van der Waals surface area contributed by atoms with Gasteiger partial charge in [0.25, 0.3) is 0 Å². The maximum absolute atomic E-state index is 6.53. The summed E-state index contributed by atoms with van der Waals surface area (Å²) in [6, 6.07) is 33.9. The van der Waals surface area contributed by atoms with Crippen LogP contribution in [0.15, 0.2) is 109 Å². The molecule has 164 valence electrons. The van der Waals surface area contributed by atoms with Gasteiger partial charge in [0, 0.05) is 21.5 Å². The van der Waals surface area contributed by atoms with E-state index in [1.807, 2.05) is 18.2 Å². The number of hydrogen-bond donors (Lipinski definition) is 0. The van der Waals surface area contributed by atoms with Crippen LogP contribution in [0.3, 0.4) is 0 Å². The van der Waals surface area contributed by atoms with E-state index >= 15 is 0 Å². The third-order valence-electron chi connectivity index (χ3n) is 6.78. The summed E-state index contributed by atoms with van der Waals surface area (Å²) in [6.45, 7) is 0. The Morgan fingerprint density at radius 2 is 1.26 bits per heavy atom. The standard InChI is InChI=1S/C32H22Cl2/c33-30-15-8-16-31(34)29(30)20-23-19-28(26-14-7-6-13-25(23)26)32(22-10-2-1-3-11-22)27-18-17-21-9-4-5-12-24(21)27/h1-16,18-20,32H,17H2/b23-20+. The zero-order valence-corrected chi connectivity index (χ0v) is 20.0. The van der Waals surface area contributed by atoms with Gasteiger partial charge in [-0.25, -0.2) is 0 Å². The van der Waals surface area contributed by atoms with Gasteiger partial charge in [0.05, 0.1) is 0 Å². The van der Waals surface area contributed by atoms with Crippen molar-refractivity contribution in [2.24, 2.45) is 0 Å². The maximum Gasteiger partial charge on any atom is 0.0493 e. The van der Waals surface area contributed by atoms with Crippen LogP contribution in [0.2, 0.25) is 10.0 Å². The monoisotopic (exact) mass is 476 g/mol. The van der Waals surface area contributed by atoms with E-state index in [9.17, 15) is 0 Å². The lowest BCUT2D eigenvalue weighted by Crippen LogP contribution is -2.04. The lowest BCUT2D eigenvalue weighted by molar-refractivity contribution is 1.13. The van der Waals surface area contributed by atoms with E-state index in [0.717, 1.165) is 17.6 Å². The lowest BCUT2D eigenvalue weighted by atomic mass is 9.80. The van der Waals surface area contributed by atoms with Crippen molar-refractivity contribution in [2.45, 2.75) is 12.3 Å². The minimum Gasteiger partial charge on any atom is -0.0836 e. The molecule has 34 heavy (non-hydrogen) atoms. The van der Waals surface area contributed by atoms with E-state index in [0.29, 0.717) is 10.0 Å². The van der Waals surface area contributed by atoms with Gasteiger partial charge in [-0.05, 0) is 75.2 Å². The molecule has 2 aliphatic carbocycles. The van der Waals surface area contributed by atoms with Crippen molar-refractivity contribution in [1.82, 2.24) is 0 Å². The zero-order chi connectivity index (χ0) is 23.1. The summed E-state index contributed by atoms with van der Waals surface area (Å²) in [5, 5.41) is 1.32. The van der Waals surface area contributed by atoms with E-state index in [-0.39, 0.29) is 5.92 Å². The van der Waals surface area contributed by atoms with E-state index in [2.05, 4.69) is 97.1 Å². The summed E-state index contributed by atoms with van der Waals surface area (Å²) in [5.74, 6) is 0.138. The fourth-order valence-corrected chi connectivity index (χ4v) is 5.73. The molecule has 0 nitrogen and oxygen atoms in total. The molecule has 1 atom stereocenters. The number of benzene rings is 4. The molecule has 0 spiro atoms. The molecule has 0 saturated carbocycles. The normalized spacial score (nSPS) is 16.1. The van der Waals surface area contributed by atoms with Crippen molar-refractivity contribution in [3.8, 4) is 0 Å². The van der Waals surface area contributed by atoms with Crippen LogP contribution < -0.4 is 0 Å². The molecule has 0 aromatic heterocycles. The third-order valence-corrected chi connectivity index (χ3v) is 7.44. The molecule has 0 bridgehead atoms. The Labute approximate surface area is 210 Å². The average molecular weight is 477 g/mol. The fourth-order valence-electron chi connectivity index (χ4n) is 5.23. The Bertz CT molecular complexity index is 1470. The highest BCUT2D eigenvalue weighted by Gasteiger charge is 2.31. The fraction of sp³-hybridized carbons (Fsp3) is 0.0625. The minimum absolute atomic E-state index is 0.138. The second-order valence-electron chi connectivity index (χ2n) is 8.74. The maximum atomic E-state index is 6.53. The number of allylic oxidation sites excluding steroid dienone is 5. The zero-order valence-electron chi connectivity index (χ0n) is 18.5. The van der Waals surface area contributed by atoms with Gasteiger partial charge < -0.3 is 0 Å². The smallest absolute Gasteiger partial charge is 0.0493 e. The molecular weight excluding hydrogens is 455 g/mol. The van der Waals surface area contributed by atoms with Crippen LogP contribution >= 0.6 is 23.2 Å². The first-order valence-electron chi connectivity index (χ1n) is 11.5.